The van der Waals surface area contributed by atoms with E-state index >= 15 is 0 Å². The van der Waals surface area contributed by atoms with Gasteiger partial charge in [0.2, 0.25) is 0 Å². The van der Waals surface area contributed by atoms with Gasteiger partial charge in [-0.15, -0.1) is 0 Å². The number of nitrogens with one attached hydrogen (secondary N) is 1. The van der Waals surface area contributed by atoms with E-state index < -0.39 is 23.3 Å². The number of nitrogens with zero attached hydrogens (tertiary/aromatic N) is 2. The molecule has 0 aliphatic carbocycles. The lowest BCUT2D eigenvalue weighted by molar-refractivity contribution is -0.143. The van der Waals surface area contributed by atoms with Crippen molar-refractivity contribution in [1.82, 2.24) is 15.3 Å². The van der Waals surface area contributed by atoms with Gasteiger partial charge in [-0.05, 0) is 33.6 Å². The van der Waals surface area contributed by atoms with Crippen LogP contribution in [0.5, 0.6) is 0 Å². The Kier molecular flexibility index (Phi) is 3.73. The monoisotopic (exact) mass is 297 g/mol. The van der Waals surface area contributed by atoms with Gasteiger partial charge < -0.3 is 14.8 Å². The Hall–Kier alpha value is -1.63. The molecule has 21 heavy (non-hydrogen) atoms. The molecule has 2 fully saturated rings. The second-order valence-electron chi connectivity index (χ2n) is 7.06. The number of hydrazine groups is 1. The highest BCUT2D eigenvalue weighted by molar-refractivity contribution is 5.93. The maximum atomic E-state index is 12.6. The number of hydrogen-bond donors (Lipinski definition) is 1. The van der Waals surface area contributed by atoms with Crippen molar-refractivity contribution < 1.29 is 19.1 Å². The molecule has 0 aromatic heterocycles. The Morgan fingerprint density at radius 3 is 2.62 bits per heavy atom. The van der Waals surface area contributed by atoms with Crippen molar-refractivity contribution >= 4 is 18.3 Å². The molecule has 2 rings (SSSR count). The Balaban J connectivity index is 2.10. The average molecular weight is 297 g/mol. The summed E-state index contributed by atoms with van der Waals surface area (Å²) >= 11 is 0. The molecule has 2 amide bonds. The fraction of sp³-hybridized carbons (Fsp3) is 0.786. The smallest absolute Gasteiger partial charge is 0.408 e. The van der Waals surface area contributed by atoms with Gasteiger partial charge in [-0.3, -0.25) is 9.80 Å². The molecule has 7 nitrogen and oxygen atoms in total. The molecule has 2 aliphatic rings. The van der Waals surface area contributed by atoms with Crippen molar-refractivity contribution in [1.29, 1.82) is 0 Å². The van der Waals surface area contributed by atoms with Gasteiger partial charge in [0.05, 0.1) is 6.54 Å². The summed E-state index contributed by atoms with van der Waals surface area (Å²) in [4.78, 5) is 35.7. The van der Waals surface area contributed by atoms with Gasteiger partial charge in [0, 0.05) is 6.54 Å². The van der Waals surface area contributed by atoms with Crippen LogP contribution in [-0.4, -0.2) is 58.6 Å². The van der Waals surface area contributed by atoms with E-state index in [1.165, 1.54) is 5.01 Å². The molecule has 3 unspecified atom stereocenters. The van der Waals surface area contributed by atoms with Crippen molar-refractivity contribution in [3.63, 3.8) is 0 Å². The highest BCUT2D eigenvalue weighted by atomic mass is 16.6. The molecular formula is C14H23N3O4. The lowest BCUT2D eigenvalue weighted by atomic mass is 9.98. The molecule has 0 aromatic carbocycles. The van der Waals surface area contributed by atoms with Crippen LogP contribution < -0.4 is 5.32 Å². The summed E-state index contributed by atoms with van der Waals surface area (Å²) in [6.45, 7) is 9.85. The first-order chi connectivity index (χ1) is 9.57. The molecular weight excluding hydrogens is 274 g/mol. The predicted molar refractivity (Wildman–Crippen MR) is 75.2 cm³/mol. The highest BCUT2D eigenvalue weighted by Crippen LogP contribution is 2.33. The van der Waals surface area contributed by atoms with Crippen molar-refractivity contribution in [2.75, 3.05) is 13.1 Å². The van der Waals surface area contributed by atoms with Gasteiger partial charge in [0.1, 0.15) is 23.5 Å². The van der Waals surface area contributed by atoms with Crippen LogP contribution in [0.4, 0.5) is 4.79 Å². The van der Waals surface area contributed by atoms with Gasteiger partial charge in [-0.2, -0.15) is 0 Å². The van der Waals surface area contributed by atoms with Crippen LogP contribution in [0.25, 0.3) is 0 Å². The van der Waals surface area contributed by atoms with Crippen LogP contribution in [-0.2, 0) is 14.3 Å². The van der Waals surface area contributed by atoms with Crippen molar-refractivity contribution in [2.45, 2.75) is 51.8 Å². The molecule has 1 N–H and O–H groups in total. The third-order valence-corrected chi connectivity index (χ3v) is 3.76. The molecule has 0 bridgehead atoms. The summed E-state index contributed by atoms with van der Waals surface area (Å²) < 4.78 is 5.20. The molecule has 0 radical (unpaired) electrons. The summed E-state index contributed by atoms with van der Waals surface area (Å²) in [5, 5.41) is 5.93. The van der Waals surface area contributed by atoms with E-state index in [0.717, 1.165) is 6.29 Å². The fourth-order valence-corrected chi connectivity index (χ4v) is 2.86. The van der Waals surface area contributed by atoms with E-state index in [-0.39, 0.29) is 11.8 Å². The first-order valence-corrected chi connectivity index (χ1v) is 7.12. The second kappa shape index (κ2) is 4.98. The SMILES string of the molecule is CC1CN2CC(C)(NC(=O)OC(C)(C)C)C(=O)N2C1C=O. The van der Waals surface area contributed by atoms with E-state index in [1.807, 2.05) is 11.9 Å². The number of aldehydes is 1. The van der Waals surface area contributed by atoms with Crippen LogP contribution in [0.2, 0.25) is 0 Å². The third kappa shape index (κ3) is 2.88. The topological polar surface area (TPSA) is 79.0 Å². The van der Waals surface area contributed by atoms with E-state index in [9.17, 15) is 14.4 Å². The van der Waals surface area contributed by atoms with Crippen LogP contribution in [0.1, 0.15) is 34.6 Å². The number of hydrogen-bond acceptors (Lipinski definition) is 5. The molecule has 0 saturated carbocycles. The van der Waals surface area contributed by atoms with Gasteiger partial charge >= 0.3 is 6.09 Å². The number of ether oxygens (including phenoxy) is 1. The largest absolute Gasteiger partial charge is 0.444 e. The summed E-state index contributed by atoms with van der Waals surface area (Å²) in [5.41, 5.74) is -1.69. The first kappa shape index (κ1) is 15.8. The number of rotatable bonds is 2. The van der Waals surface area contributed by atoms with Gasteiger partial charge in [0.15, 0.2) is 0 Å². The maximum absolute atomic E-state index is 12.6. The van der Waals surface area contributed by atoms with Crippen LogP contribution >= 0.6 is 0 Å². The lowest BCUT2D eigenvalue weighted by Crippen LogP contribution is -2.56. The van der Waals surface area contributed by atoms with E-state index in [1.54, 1.807) is 27.7 Å². The Bertz CT molecular complexity index is 473. The first-order valence-electron chi connectivity index (χ1n) is 7.12. The standard InChI is InChI=1S/C14H23N3O4/c1-9-6-16-8-14(5,11(19)17(16)10(9)7-18)15-12(20)21-13(2,3)4/h7,9-10H,6,8H2,1-5H3,(H,15,20). The summed E-state index contributed by atoms with van der Waals surface area (Å²) in [7, 11) is 0. The molecule has 3 atom stereocenters. The predicted octanol–water partition coefficient (Wildman–Crippen LogP) is 0.546. The molecule has 2 heterocycles. The molecule has 0 spiro atoms. The van der Waals surface area contributed by atoms with Gasteiger partial charge in [-0.1, -0.05) is 6.92 Å². The van der Waals surface area contributed by atoms with Crippen LogP contribution in [0.3, 0.4) is 0 Å². The number of alkyl carbamates (subject to hydrolysis) is 1. The lowest BCUT2D eigenvalue weighted by Gasteiger charge is -2.27. The summed E-state index contributed by atoms with van der Waals surface area (Å²) in [5.74, 6) is -0.174. The van der Waals surface area contributed by atoms with Gasteiger partial charge in [-0.25, -0.2) is 9.80 Å². The summed E-state index contributed by atoms with van der Waals surface area (Å²) in [6.07, 6.45) is 0.165. The Morgan fingerprint density at radius 2 is 2.10 bits per heavy atom. The van der Waals surface area contributed by atoms with Crippen LogP contribution in [0.15, 0.2) is 0 Å². The van der Waals surface area contributed by atoms with E-state index in [0.29, 0.717) is 13.1 Å². The Morgan fingerprint density at radius 1 is 1.48 bits per heavy atom. The molecule has 0 aromatic rings. The zero-order chi connectivity index (χ0) is 16.0. The maximum Gasteiger partial charge on any atom is 0.408 e. The number of amides is 2. The fourth-order valence-electron chi connectivity index (χ4n) is 2.86. The average Bonchev–Trinajstić information content (AvgIpc) is 2.70. The molecule has 2 aliphatic heterocycles. The van der Waals surface area contributed by atoms with Crippen LogP contribution in [0, 0.1) is 5.92 Å². The molecule has 118 valence electrons. The minimum absolute atomic E-state index is 0.0949. The van der Waals surface area contributed by atoms with E-state index in [2.05, 4.69) is 5.32 Å². The van der Waals surface area contributed by atoms with E-state index in [4.69, 9.17) is 4.74 Å². The quantitative estimate of drug-likeness (QED) is 0.753. The normalized spacial score (nSPS) is 33.0. The minimum Gasteiger partial charge on any atom is -0.444 e. The second-order valence-corrected chi connectivity index (χ2v) is 7.06. The van der Waals surface area contributed by atoms with Gasteiger partial charge in [0.25, 0.3) is 5.91 Å². The third-order valence-electron chi connectivity index (χ3n) is 3.76. The summed E-state index contributed by atoms with van der Waals surface area (Å²) in [6, 6.07) is -0.459. The zero-order valence-electron chi connectivity index (χ0n) is 13.2. The van der Waals surface area contributed by atoms with Crippen molar-refractivity contribution in [2.24, 2.45) is 5.92 Å². The van der Waals surface area contributed by atoms with Crippen molar-refractivity contribution in [3.05, 3.63) is 0 Å². The minimum atomic E-state index is -1.07. The number of carbonyl (C=O) groups is 3. The molecule has 2 saturated heterocycles. The highest BCUT2D eigenvalue weighted by Gasteiger charge is 2.55. The van der Waals surface area contributed by atoms with Crippen molar-refractivity contribution in [3.8, 4) is 0 Å². The number of fused-ring (bicyclic) bond motifs is 1. The Labute approximate surface area is 124 Å². The molecule has 7 heteroatoms. The number of carbonyl (C=O) groups excluding carboxylic acids is 3. The zero-order valence-corrected chi connectivity index (χ0v) is 13.2.